The summed E-state index contributed by atoms with van der Waals surface area (Å²) in [4.78, 5) is 43.6. The zero-order valence-corrected chi connectivity index (χ0v) is 12.5. The van der Waals surface area contributed by atoms with Crippen molar-refractivity contribution in [1.82, 2.24) is 14.8 Å². The summed E-state index contributed by atoms with van der Waals surface area (Å²) in [5.41, 5.74) is 0.518. The van der Waals surface area contributed by atoms with Crippen molar-refractivity contribution in [2.75, 3.05) is 19.6 Å². The number of carbonyl (C=O) groups is 3. The molecular formula is C16H19N3O3. The molecule has 0 saturated carbocycles. The van der Waals surface area contributed by atoms with Crippen LogP contribution in [0, 0.1) is 0 Å². The van der Waals surface area contributed by atoms with E-state index in [1.54, 1.807) is 12.1 Å². The third-order valence-electron chi connectivity index (χ3n) is 4.24. The normalized spacial score (nSPS) is 18.4. The average Bonchev–Trinajstić information content (AvgIpc) is 2.75. The van der Waals surface area contributed by atoms with Gasteiger partial charge < -0.3 is 4.90 Å². The van der Waals surface area contributed by atoms with Gasteiger partial charge in [0.2, 0.25) is 5.91 Å². The average molecular weight is 301 g/mol. The third-order valence-corrected chi connectivity index (χ3v) is 4.24. The molecule has 6 nitrogen and oxygen atoms in total. The van der Waals surface area contributed by atoms with Gasteiger partial charge in [-0.05, 0) is 25.0 Å². The molecule has 0 aromatic carbocycles. The van der Waals surface area contributed by atoms with Crippen LogP contribution >= 0.6 is 0 Å². The molecule has 3 rings (SSSR count). The van der Waals surface area contributed by atoms with Crippen LogP contribution in [0.25, 0.3) is 0 Å². The predicted octanol–water partition coefficient (Wildman–Crippen LogP) is 1.47. The van der Waals surface area contributed by atoms with Gasteiger partial charge in [0.05, 0.1) is 5.56 Å². The number of carbonyl (C=O) groups excluding carboxylic acids is 3. The molecule has 0 N–H and O–H groups in total. The fourth-order valence-corrected chi connectivity index (χ4v) is 3.00. The first-order valence-corrected chi connectivity index (χ1v) is 7.77. The Balaban J connectivity index is 1.61. The van der Waals surface area contributed by atoms with Gasteiger partial charge in [-0.25, -0.2) is 0 Å². The third kappa shape index (κ3) is 2.73. The molecular weight excluding hydrogens is 282 g/mol. The van der Waals surface area contributed by atoms with Crippen LogP contribution in [0.5, 0.6) is 0 Å². The van der Waals surface area contributed by atoms with E-state index in [2.05, 4.69) is 4.98 Å². The second-order valence-electron chi connectivity index (χ2n) is 5.71. The number of imide groups is 1. The Hall–Kier alpha value is -2.24. The Bertz CT molecular complexity index is 571. The summed E-state index contributed by atoms with van der Waals surface area (Å²) in [6.45, 7) is 1.69. The topological polar surface area (TPSA) is 70.6 Å². The SMILES string of the molecule is O=C(CCN1C(=O)c2cccnc2C1=O)N1CCCCCC1. The van der Waals surface area contributed by atoms with Crippen LogP contribution in [-0.4, -0.2) is 52.1 Å². The second kappa shape index (κ2) is 6.25. The number of fused-ring (bicyclic) bond motifs is 1. The van der Waals surface area contributed by atoms with Gasteiger partial charge in [-0.1, -0.05) is 12.8 Å². The van der Waals surface area contributed by atoms with Crippen LogP contribution in [0.2, 0.25) is 0 Å². The lowest BCUT2D eigenvalue weighted by molar-refractivity contribution is -0.131. The van der Waals surface area contributed by atoms with Gasteiger partial charge in [-0.15, -0.1) is 0 Å². The number of amides is 3. The lowest BCUT2D eigenvalue weighted by Crippen LogP contribution is -2.37. The minimum absolute atomic E-state index is 0.0198. The summed E-state index contributed by atoms with van der Waals surface area (Å²) in [6.07, 6.45) is 6.06. The van der Waals surface area contributed by atoms with E-state index in [4.69, 9.17) is 0 Å². The lowest BCUT2D eigenvalue weighted by Gasteiger charge is -2.21. The van der Waals surface area contributed by atoms with E-state index in [1.807, 2.05) is 4.90 Å². The minimum atomic E-state index is -0.399. The Morgan fingerprint density at radius 1 is 1.09 bits per heavy atom. The van der Waals surface area contributed by atoms with Gasteiger partial charge in [0.15, 0.2) is 0 Å². The molecule has 1 saturated heterocycles. The molecule has 0 atom stereocenters. The maximum Gasteiger partial charge on any atom is 0.280 e. The van der Waals surface area contributed by atoms with E-state index in [1.165, 1.54) is 6.20 Å². The van der Waals surface area contributed by atoms with Gasteiger partial charge in [0, 0.05) is 32.3 Å². The van der Waals surface area contributed by atoms with E-state index < -0.39 is 5.91 Å². The highest BCUT2D eigenvalue weighted by molar-refractivity contribution is 6.20. The lowest BCUT2D eigenvalue weighted by atomic mass is 10.2. The summed E-state index contributed by atoms with van der Waals surface area (Å²) in [5, 5.41) is 0. The van der Waals surface area contributed by atoms with Crippen molar-refractivity contribution < 1.29 is 14.4 Å². The van der Waals surface area contributed by atoms with E-state index in [0.717, 1.165) is 43.7 Å². The molecule has 2 aliphatic rings. The summed E-state index contributed by atoms with van der Waals surface area (Å²) >= 11 is 0. The zero-order valence-electron chi connectivity index (χ0n) is 12.5. The highest BCUT2D eigenvalue weighted by atomic mass is 16.2. The molecule has 3 amide bonds. The number of pyridine rings is 1. The molecule has 0 bridgehead atoms. The molecule has 1 aromatic rings. The number of hydrogen-bond donors (Lipinski definition) is 0. The smallest absolute Gasteiger partial charge is 0.280 e. The number of likely N-dealkylation sites (tertiary alicyclic amines) is 1. The maximum atomic E-state index is 12.3. The monoisotopic (exact) mass is 301 g/mol. The van der Waals surface area contributed by atoms with Gasteiger partial charge in [-0.3, -0.25) is 24.3 Å². The van der Waals surface area contributed by atoms with Crippen LogP contribution in [0.4, 0.5) is 0 Å². The first-order valence-electron chi connectivity index (χ1n) is 7.77. The van der Waals surface area contributed by atoms with E-state index >= 15 is 0 Å². The maximum absolute atomic E-state index is 12.3. The number of hydrogen-bond acceptors (Lipinski definition) is 4. The second-order valence-corrected chi connectivity index (χ2v) is 5.71. The fraction of sp³-hybridized carbons (Fsp3) is 0.500. The van der Waals surface area contributed by atoms with Crippen LogP contribution in [0.15, 0.2) is 18.3 Å². The van der Waals surface area contributed by atoms with Crippen molar-refractivity contribution in [3.8, 4) is 0 Å². The molecule has 0 radical (unpaired) electrons. The molecule has 1 aromatic heterocycles. The van der Waals surface area contributed by atoms with Crippen molar-refractivity contribution in [1.29, 1.82) is 0 Å². The molecule has 2 aliphatic heterocycles. The quantitative estimate of drug-likeness (QED) is 0.793. The summed E-state index contributed by atoms with van der Waals surface area (Å²) < 4.78 is 0. The Kier molecular flexibility index (Phi) is 4.18. The standard InChI is InChI=1S/C16H19N3O3/c20-13(18-9-3-1-2-4-10-18)7-11-19-15(21)12-6-5-8-17-14(12)16(19)22/h5-6,8H,1-4,7,9-11H2. The van der Waals surface area contributed by atoms with Gasteiger partial charge in [0.1, 0.15) is 5.69 Å². The van der Waals surface area contributed by atoms with Crippen LogP contribution < -0.4 is 0 Å². The van der Waals surface area contributed by atoms with Crippen molar-refractivity contribution in [2.24, 2.45) is 0 Å². The van der Waals surface area contributed by atoms with Gasteiger partial charge in [-0.2, -0.15) is 0 Å². The van der Waals surface area contributed by atoms with Crippen LogP contribution in [0.3, 0.4) is 0 Å². The Morgan fingerprint density at radius 2 is 1.82 bits per heavy atom. The van der Waals surface area contributed by atoms with Crippen LogP contribution in [-0.2, 0) is 4.79 Å². The van der Waals surface area contributed by atoms with Crippen molar-refractivity contribution >= 4 is 17.7 Å². The highest BCUT2D eigenvalue weighted by Crippen LogP contribution is 2.20. The molecule has 1 fully saturated rings. The fourth-order valence-electron chi connectivity index (χ4n) is 3.00. The first kappa shape index (κ1) is 14.7. The predicted molar refractivity (Wildman–Crippen MR) is 79.3 cm³/mol. The van der Waals surface area contributed by atoms with Gasteiger partial charge in [0.25, 0.3) is 11.8 Å². The molecule has 6 heteroatoms. The minimum Gasteiger partial charge on any atom is -0.343 e. The first-order chi connectivity index (χ1) is 10.7. The Labute approximate surface area is 129 Å². The number of rotatable bonds is 3. The van der Waals surface area contributed by atoms with Crippen molar-refractivity contribution in [3.05, 3.63) is 29.6 Å². The van der Waals surface area contributed by atoms with E-state index in [-0.39, 0.29) is 30.5 Å². The summed E-state index contributed by atoms with van der Waals surface area (Å²) in [5.74, 6) is -0.729. The number of nitrogens with zero attached hydrogens (tertiary/aromatic N) is 3. The Morgan fingerprint density at radius 3 is 2.50 bits per heavy atom. The van der Waals surface area contributed by atoms with Crippen LogP contribution in [0.1, 0.15) is 53.0 Å². The molecule has 3 heterocycles. The van der Waals surface area contributed by atoms with E-state index in [9.17, 15) is 14.4 Å². The zero-order chi connectivity index (χ0) is 15.5. The molecule has 0 unspecified atom stereocenters. The molecule has 116 valence electrons. The summed E-state index contributed by atoms with van der Waals surface area (Å²) in [7, 11) is 0. The van der Waals surface area contributed by atoms with Crippen molar-refractivity contribution in [2.45, 2.75) is 32.1 Å². The van der Waals surface area contributed by atoms with Gasteiger partial charge >= 0.3 is 0 Å². The van der Waals surface area contributed by atoms with E-state index in [0.29, 0.717) is 5.56 Å². The van der Waals surface area contributed by atoms with Crippen molar-refractivity contribution in [3.63, 3.8) is 0 Å². The summed E-state index contributed by atoms with van der Waals surface area (Å²) in [6, 6.07) is 3.23. The largest absolute Gasteiger partial charge is 0.343 e. The molecule has 0 spiro atoms. The molecule has 22 heavy (non-hydrogen) atoms. The number of aromatic nitrogens is 1. The highest BCUT2D eigenvalue weighted by Gasteiger charge is 2.36. The molecule has 0 aliphatic carbocycles.